The van der Waals surface area contributed by atoms with Crippen LogP contribution in [0.25, 0.3) is 0 Å². The molecule has 80 valence electrons. The number of rotatable bonds is 1. The van der Waals surface area contributed by atoms with Gasteiger partial charge in [-0.2, -0.15) is 0 Å². The van der Waals surface area contributed by atoms with E-state index in [1.807, 2.05) is 6.20 Å². The Kier molecular flexibility index (Phi) is 2.06. The average Bonchev–Trinajstić information content (AvgIpc) is 2.52. The van der Waals surface area contributed by atoms with Gasteiger partial charge in [-0.1, -0.05) is 6.07 Å². The van der Waals surface area contributed by atoms with Gasteiger partial charge in [0.1, 0.15) is 0 Å². The van der Waals surface area contributed by atoms with Gasteiger partial charge in [0.05, 0.1) is 0 Å². The van der Waals surface area contributed by atoms with Gasteiger partial charge in [-0.3, -0.25) is 9.88 Å². The average molecular weight is 202 g/mol. The first kappa shape index (κ1) is 9.34. The maximum absolute atomic E-state index is 4.28. The fourth-order valence-electron chi connectivity index (χ4n) is 3.52. The molecule has 15 heavy (non-hydrogen) atoms. The topological polar surface area (TPSA) is 16.1 Å². The molecular weight excluding hydrogens is 184 g/mol. The highest BCUT2D eigenvalue weighted by molar-refractivity contribution is 5.24. The van der Waals surface area contributed by atoms with E-state index in [1.165, 1.54) is 37.7 Å². The zero-order chi connectivity index (χ0) is 10.3. The highest BCUT2D eigenvalue weighted by Gasteiger charge is 2.47. The van der Waals surface area contributed by atoms with E-state index < -0.39 is 0 Å². The van der Waals surface area contributed by atoms with Crippen LogP contribution in [0.5, 0.6) is 0 Å². The van der Waals surface area contributed by atoms with E-state index in [2.05, 4.69) is 35.3 Å². The summed E-state index contributed by atoms with van der Waals surface area (Å²) in [6.07, 6.45) is 10.7. The summed E-state index contributed by atoms with van der Waals surface area (Å²) in [6.45, 7) is 0. The molecule has 2 fully saturated rings. The minimum absolute atomic E-state index is 0.317. The maximum atomic E-state index is 4.28. The lowest BCUT2D eigenvalue weighted by atomic mass is 9.83. The van der Waals surface area contributed by atoms with Crippen LogP contribution in [-0.4, -0.2) is 23.0 Å². The SMILES string of the molecule is CN1[C@H]2CCC[C@]1(c1cccnc1)CC2. The fourth-order valence-corrected chi connectivity index (χ4v) is 3.52. The molecule has 0 amide bonds. The van der Waals surface area contributed by atoms with Gasteiger partial charge in [0, 0.05) is 24.0 Å². The van der Waals surface area contributed by atoms with Crippen molar-refractivity contribution in [2.24, 2.45) is 0 Å². The Balaban J connectivity index is 2.03. The molecule has 2 nitrogen and oxygen atoms in total. The van der Waals surface area contributed by atoms with Crippen LogP contribution in [0.4, 0.5) is 0 Å². The second-order valence-electron chi connectivity index (χ2n) is 4.97. The minimum atomic E-state index is 0.317. The Morgan fingerprint density at radius 1 is 1.40 bits per heavy atom. The molecule has 2 bridgehead atoms. The van der Waals surface area contributed by atoms with Crippen LogP contribution in [0, 0.1) is 0 Å². The third-order valence-electron chi connectivity index (χ3n) is 4.44. The van der Waals surface area contributed by atoms with Crippen molar-refractivity contribution in [1.82, 2.24) is 9.88 Å². The van der Waals surface area contributed by atoms with E-state index in [0.717, 1.165) is 6.04 Å². The van der Waals surface area contributed by atoms with Gasteiger partial charge in [0.15, 0.2) is 0 Å². The van der Waals surface area contributed by atoms with E-state index in [9.17, 15) is 0 Å². The van der Waals surface area contributed by atoms with Crippen LogP contribution in [0.15, 0.2) is 24.5 Å². The number of fused-ring (bicyclic) bond motifs is 2. The number of nitrogens with zero attached hydrogens (tertiary/aromatic N) is 2. The Bertz CT molecular complexity index is 345. The van der Waals surface area contributed by atoms with Crippen LogP contribution >= 0.6 is 0 Å². The molecule has 2 heteroatoms. The van der Waals surface area contributed by atoms with Gasteiger partial charge in [0.25, 0.3) is 0 Å². The molecule has 0 aromatic carbocycles. The largest absolute Gasteiger partial charge is 0.294 e. The molecule has 1 aromatic heterocycles. The van der Waals surface area contributed by atoms with E-state index in [-0.39, 0.29) is 0 Å². The Morgan fingerprint density at radius 2 is 2.33 bits per heavy atom. The molecule has 2 saturated heterocycles. The lowest BCUT2D eigenvalue weighted by Crippen LogP contribution is -2.45. The van der Waals surface area contributed by atoms with Crippen LogP contribution < -0.4 is 0 Å². The molecule has 0 spiro atoms. The molecular formula is C13H18N2. The Hall–Kier alpha value is -0.890. The van der Waals surface area contributed by atoms with Gasteiger partial charge >= 0.3 is 0 Å². The van der Waals surface area contributed by atoms with Gasteiger partial charge in [-0.25, -0.2) is 0 Å². The summed E-state index contributed by atoms with van der Waals surface area (Å²) in [5, 5.41) is 0. The summed E-state index contributed by atoms with van der Waals surface area (Å²) in [5.41, 5.74) is 1.74. The van der Waals surface area contributed by atoms with Crippen molar-refractivity contribution in [3.63, 3.8) is 0 Å². The first-order valence-electron chi connectivity index (χ1n) is 5.96. The predicted molar refractivity (Wildman–Crippen MR) is 60.6 cm³/mol. The smallest absolute Gasteiger partial charge is 0.0476 e. The molecule has 0 unspecified atom stereocenters. The summed E-state index contributed by atoms with van der Waals surface area (Å²) in [5.74, 6) is 0. The third-order valence-corrected chi connectivity index (χ3v) is 4.44. The van der Waals surface area contributed by atoms with E-state index in [0.29, 0.717) is 5.54 Å². The second kappa shape index (κ2) is 3.31. The Morgan fingerprint density at radius 3 is 3.13 bits per heavy atom. The molecule has 2 atom stereocenters. The third kappa shape index (κ3) is 1.24. The molecule has 0 N–H and O–H groups in total. The van der Waals surface area contributed by atoms with Crippen molar-refractivity contribution >= 4 is 0 Å². The summed E-state index contributed by atoms with van der Waals surface area (Å²) in [7, 11) is 2.30. The first-order valence-corrected chi connectivity index (χ1v) is 5.96. The highest BCUT2D eigenvalue weighted by Crippen LogP contribution is 2.49. The number of aromatic nitrogens is 1. The zero-order valence-electron chi connectivity index (χ0n) is 9.32. The van der Waals surface area contributed by atoms with Gasteiger partial charge in [0.2, 0.25) is 0 Å². The zero-order valence-corrected chi connectivity index (χ0v) is 9.32. The van der Waals surface area contributed by atoms with Crippen LogP contribution in [0.1, 0.15) is 37.7 Å². The standard InChI is InChI=1S/C13H18N2/c1-15-12-5-2-7-13(15,8-6-12)11-4-3-9-14-10-11/h3-4,9-10,12H,2,5-8H2,1H3/t12-,13+/m0/s1. The monoisotopic (exact) mass is 202 g/mol. The Labute approximate surface area is 91.3 Å². The van der Waals surface area contributed by atoms with E-state index >= 15 is 0 Å². The quantitative estimate of drug-likeness (QED) is 0.695. The van der Waals surface area contributed by atoms with E-state index in [4.69, 9.17) is 0 Å². The summed E-state index contributed by atoms with van der Waals surface area (Å²) >= 11 is 0. The predicted octanol–water partition coefficient (Wildman–Crippen LogP) is 2.56. The van der Waals surface area contributed by atoms with Crippen LogP contribution in [-0.2, 0) is 5.54 Å². The van der Waals surface area contributed by atoms with E-state index in [1.54, 1.807) is 0 Å². The van der Waals surface area contributed by atoms with Crippen LogP contribution in [0.3, 0.4) is 0 Å². The van der Waals surface area contributed by atoms with Crippen molar-refractivity contribution in [3.05, 3.63) is 30.1 Å². The number of hydrogen-bond acceptors (Lipinski definition) is 2. The summed E-state index contributed by atoms with van der Waals surface area (Å²) in [6, 6.07) is 5.14. The molecule has 1 aromatic rings. The number of pyridine rings is 1. The molecule has 0 saturated carbocycles. The lowest BCUT2D eigenvalue weighted by Gasteiger charge is -2.42. The van der Waals surface area contributed by atoms with Crippen molar-refractivity contribution in [2.45, 2.75) is 43.7 Å². The number of hydrogen-bond donors (Lipinski definition) is 0. The summed E-state index contributed by atoms with van der Waals surface area (Å²) < 4.78 is 0. The van der Waals surface area contributed by atoms with Crippen molar-refractivity contribution < 1.29 is 0 Å². The molecule has 3 rings (SSSR count). The fraction of sp³-hybridized carbons (Fsp3) is 0.615. The highest BCUT2D eigenvalue weighted by atomic mass is 15.2. The second-order valence-corrected chi connectivity index (χ2v) is 4.97. The summed E-state index contributed by atoms with van der Waals surface area (Å²) in [4.78, 5) is 6.88. The maximum Gasteiger partial charge on any atom is 0.0476 e. The molecule has 3 heterocycles. The molecule has 0 radical (unpaired) electrons. The normalized spacial score (nSPS) is 35.7. The minimum Gasteiger partial charge on any atom is -0.294 e. The van der Waals surface area contributed by atoms with Gasteiger partial charge in [-0.15, -0.1) is 0 Å². The molecule has 0 aliphatic carbocycles. The van der Waals surface area contributed by atoms with Gasteiger partial charge in [-0.05, 0) is 50.8 Å². The molecule has 2 aliphatic rings. The molecule has 2 aliphatic heterocycles. The van der Waals surface area contributed by atoms with Crippen LogP contribution in [0.2, 0.25) is 0 Å². The van der Waals surface area contributed by atoms with Gasteiger partial charge < -0.3 is 0 Å². The lowest BCUT2D eigenvalue weighted by molar-refractivity contribution is 0.0802. The van der Waals surface area contributed by atoms with Crippen molar-refractivity contribution in [2.75, 3.05) is 7.05 Å². The van der Waals surface area contributed by atoms with Crippen molar-refractivity contribution in [3.8, 4) is 0 Å². The van der Waals surface area contributed by atoms with Crippen molar-refractivity contribution in [1.29, 1.82) is 0 Å². The number of piperidine rings is 1. The first-order chi connectivity index (χ1) is 7.33.